The molecule has 0 bridgehead atoms. The smallest absolute Gasteiger partial charge is 0.309 e. The number of halogens is 1. The fraction of sp³-hybridized carbons (Fsp3) is 0.273. The summed E-state index contributed by atoms with van der Waals surface area (Å²) in [5.74, 6) is -1.34. The van der Waals surface area contributed by atoms with Crippen molar-refractivity contribution >= 4 is 33.4 Å². The molecule has 1 aromatic rings. The van der Waals surface area contributed by atoms with Crippen LogP contribution in [0.3, 0.4) is 0 Å². The van der Waals surface area contributed by atoms with Crippen LogP contribution in [0.2, 0.25) is 0 Å². The van der Waals surface area contributed by atoms with Crippen LogP contribution in [0.25, 0.3) is 0 Å². The van der Waals surface area contributed by atoms with Gasteiger partial charge >= 0.3 is 11.8 Å². The summed E-state index contributed by atoms with van der Waals surface area (Å²) < 4.78 is 22.1. The molecular formula is C11H14ClN3O4S. The van der Waals surface area contributed by atoms with Crippen molar-refractivity contribution in [2.24, 2.45) is 5.14 Å². The van der Waals surface area contributed by atoms with Crippen LogP contribution in [-0.4, -0.2) is 32.7 Å². The number of sulfonamides is 1. The predicted octanol–water partition coefficient (Wildman–Crippen LogP) is -0.695. The molecule has 0 fully saturated rings. The molecule has 0 aliphatic heterocycles. The van der Waals surface area contributed by atoms with E-state index in [4.69, 9.17) is 16.7 Å². The van der Waals surface area contributed by atoms with Crippen molar-refractivity contribution in [3.63, 3.8) is 0 Å². The molecule has 0 aliphatic rings. The van der Waals surface area contributed by atoms with E-state index >= 15 is 0 Å². The maximum atomic E-state index is 11.4. The monoisotopic (exact) mass is 319 g/mol. The third-order valence-electron chi connectivity index (χ3n) is 2.29. The molecular weight excluding hydrogens is 306 g/mol. The highest BCUT2D eigenvalue weighted by atomic mass is 35.5. The first-order valence-electron chi connectivity index (χ1n) is 5.58. The summed E-state index contributed by atoms with van der Waals surface area (Å²) in [4.78, 5) is 22.6. The molecule has 0 saturated carbocycles. The van der Waals surface area contributed by atoms with Gasteiger partial charge in [-0.2, -0.15) is 0 Å². The highest BCUT2D eigenvalue weighted by molar-refractivity contribution is 7.89. The molecule has 0 saturated heterocycles. The first-order chi connectivity index (χ1) is 9.34. The maximum Gasteiger partial charge on any atom is 0.309 e. The zero-order chi connectivity index (χ0) is 15.2. The molecule has 7 nitrogen and oxygen atoms in total. The number of nitrogens with one attached hydrogen (secondary N) is 2. The van der Waals surface area contributed by atoms with Crippen LogP contribution in [0.1, 0.15) is 5.56 Å². The summed E-state index contributed by atoms with van der Waals surface area (Å²) in [5.41, 5.74) is 0.635. The number of nitrogens with two attached hydrogens (primary N) is 1. The molecule has 0 aromatic heterocycles. The molecule has 0 unspecified atom stereocenters. The van der Waals surface area contributed by atoms with Gasteiger partial charge in [0.05, 0.1) is 4.90 Å². The molecule has 0 radical (unpaired) electrons. The van der Waals surface area contributed by atoms with E-state index in [0.29, 0.717) is 5.56 Å². The van der Waals surface area contributed by atoms with Gasteiger partial charge in [-0.25, -0.2) is 13.6 Å². The van der Waals surface area contributed by atoms with Crippen LogP contribution in [0, 0.1) is 0 Å². The van der Waals surface area contributed by atoms with E-state index in [9.17, 15) is 18.0 Å². The Balaban J connectivity index is 2.54. The van der Waals surface area contributed by atoms with E-state index in [1.807, 2.05) is 0 Å². The number of hydrogen-bond donors (Lipinski definition) is 3. The Morgan fingerprint density at radius 1 is 1.10 bits per heavy atom. The van der Waals surface area contributed by atoms with Crippen molar-refractivity contribution < 1.29 is 18.0 Å². The van der Waals surface area contributed by atoms with E-state index in [2.05, 4.69) is 10.6 Å². The molecule has 110 valence electrons. The highest BCUT2D eigenvalue weighted by Gasteiger charge is 2.12. The van der Waals surface area contributed by atoms with Crippen molar-refractivity contribution in [1.82, 2.24) is 10.6 Å². The molecule has 0 atom stereocenters. The van der Waals surface area contributed by atoms with Gasteiger partial charge in [0.15, 0.2) is 0 Å². The van der Waals surface area contributed by atoms with Gasteiger partial charge in [-0.15, -0.1) is 11.6 Å². The van der Waals surface area contributed by atoms with Crippen molar-refractivity contribution in [3.05, 3.63) is 29.8 Å². The minimum atomic E-state index is -3.74. The van der Waals surface area contributed by atoms with E-state index in [-0.39, 0.29) is 23.9 Å². The molecule has 4 N–H and O–H groups in total. The van der Waals surface area contributed by atoms with E-state index in [0.717, 1.165) is 0 Å². The first kappa shape index (κ1) is 16.4. The number of hydrogen-bond acceptors (Lipinski definition) is 4. The lowest BCUT2D eigenvalue weighted by Crippen LogP contribution is -2.40. The van der Waals surface area contributed by atoms with Gasteiger partial charge in [0.2, 0.25) is 10.0 Å². The lowest BCUT2D eigenvalue weighted by Gasteiger charge is -2.06. The Morgan fingerprint density at radius 3 is 2.15 bits per heavy atom. The third kappa shape index (κ3) is 5.16. The van der Waals surface area contributed by atoms with Gasteiger partial charge in [0.25, 0.3) is 0 Å². The normalized spacial score (nSPS) is 10.9. The lowest BCUT2D eigenvalue weighted by molar-refractivity contribution is -0.139. The van der Waals surface area contributed by atoms with Crippen molar-refractivity contribution in [2.75, 3.05) is 12.4 Å². The zero-order valence-corrected chi connectivity index (χ0v) is 12.0. The molecule has 0 aliphatic carbocycles. The first-order valence-corrected chi connectivity index (χ1v) is 7.66. The van der Waals surface area contributed by atoms with Crippen molar-refractivity contribution in [2.45, 2.75) is 11.4 Å². The number of carbonyl (C=O) groups is 2. The Bertz CT molecular complexity index is 586. The Morgan fingerprint density at radius 2 is 1.65 bits per heavy atom. The molecule has 2 amide bonds. The van der Waals surface area contributed by atoms with Crippen molar-refractivity contribution in [3.8, 4) is 0 Å². The average molecular weight is 320 g/mol. The second-order valence-electron chi connectivity index (χ2n) is 3.82. The fourth-order valence-corrected chi connectivity index (χ4v) is 1.91. The van der Waals surface area contributed by atoms with Gasteiger partial charge in [0.1, 0.15) is 0 Å². The van der Waals surface area contributed by atoms with E-state index in [1.54, 1.807) is 0 Å². The second-order valence-corrected chi connectivity index (χ2v) is 5.76. The molecule has 1 aromatic carbocycles. The summed E-state index contributed by atoms with van der Waals surface area (Å²) >= 11 is 5.37. The van der Waals surface area contributed by atoms with Gasteiger partial charge in [0, 0.05) is 19.0 Å². The standard InChI is InChI=1S/C11H14ClN3O4S/c12-5-6-14-10(16)11(17)15-7-8-1-3-9(4-2-8)20(13,18)19/h1-4H,5-7H2,(H,14,16)(H,15,17)(H2,13,18,19). The van der Waals surface area contributed by atoms with Crippen LogP contribution >= 0.6 is 11.6 Å². The fourth-order valence-electron chi connectivity index (χ4n) is 1.30. The van der Waals surface area contributed by atoms with Crippen LogP contribution in [0.5, 0.6) is 0 Å². The molecule has 0 spiro atoms. The summed E-state index contributed by atoms with van der Waals surface area (Å²) in [6, 6.07) is 5.64. The highest BCUT2D eigenvalue weighted by Crippen LogP contribution is 2.08. The summed E-state index contributed by atoms with van der Waals surface area (Å²) in [5, 5.41) is 9.66. The van der Waals surface area contributed by atoms with Crippen LogP contribution in [-0.2, 0) is 26.2 Å². The van der Waals surface area contributed by atoms with Gasteiger partial charge < -0.3 is 10.6 Å². The Hall–Kier alpha value is -1.64. The number of alkyl halides is 1. The zero-order valence-electron chi connectivity index (χ0n) is 10.4. The number of rotatable bonds is 5. The Kier molecular flexibility index (Phi) is 5.93. The van der Waals surface area contributed by atoms with Gasteiger partial charge in [-0.05, 0) is 17.7 Å². The minimum absolute atomic E-state index is 0.0209. The predicted molar refractivity (Wildman–Crippen MR) is 73.4 cm³/mol. The largest absolute Gasteiger partial charge is 0.347 e. The molecule has 1 rings (SSSR count). The van der Waals surface area contributed by atoms with Crippen molar-refractivity contribution in [1.29, 1.82) is 0 Å². The molecule has 9 heteroatoms. The summed E-state index contributed by atoms with van der Waals surface area (Å²) in [6.07, 6.45) is 0. The molecule has 0 heterocycles. The second kappa shape index (κ2) is 7.22. The summed E-state index contributed by atoms with van der Waals surface area (Å²) in [6.45, 7) is 0.300. The average Bonchev–Trinajstić information content (AvgIpc) is 2.41. The number of benzene rings is 1. The van der Waals surface area contributed by atoms with Crippen LogP contribution < -0.4 is 15.8 Å². The van der Waals surface area contributed by atoms with Gasteiger partial charge in [-0.1, -0.05) is 12.1 Å². The maximum absolute atomic E-state index is 11.4. The SMILES string of the molecule is NS(=O)(=O)c1ccc(CNC(=O)C(=O)NCCCl)cc1. The minimum Gasteiger partial charge on any atom is -0.347 e. The Labute approximate surface area is 121 Å². The topological polar surface area (TPSA) is 118 Å². The van der Waals surface area contributed by atoms with Crippen LogP contribution in [0.4, 0.5) is 0 Å². The summed E-state index contributed by atoms with van der Waals surface area (Å²) in [7, 11) is -3.74. The molecule has 20 heavy (non-hydrogen) atoms. The van der Waals surface area contributed by atoms with Crippen LogP contribution in [0.15, 0.2) is 29.2 Å². The van der Waals surface area contributed by atoms with Gasteiger partial charge in [-0.3, -0.25) is 9.59 Å². The third-order valence-corrected chi connectivity index (χ3v) is 3.41. The lowest BCUT2D eigenvalue weighted by atomic mass is 10.2. The van der Waals surface area contributed by atoms with E-state index < -0.39 is 21.8 Å². The number of amides is 2. The number of primary sulfonamides is 1. The number of carbonyl (C=O) groups excluding carboxylic acids is 2. The van der Waals surface area contributed by atoms with E-state index in [1.165, 1.54) is 24.3 Å². The quantitative estimate of drug-likeness (QED) is 0.491.